The van der Waals surface area contributed by atoms with Crippen LogP contribution in [0.5, 0.6) is 5.75 Å². The van der Waals surface area contributed by atoms with E-state index in [1.807, 2.05) is 64.1 Å². The van der Waals surface area contributed by atoms with Crippen LogP contribution >= 0.6 is 23.6 Å². The lowest BCUT2D eigenvalue weighted by atomic mass is 9.85. The number of rotatable bonds is 20. The summed E-state index contributed by atoms with van der Waals surface area (Å²) >= 11 is 7.17. The van der Waals surface area contributed by atoms with Crippen molar-refractivity contribution >= 4 is 58.0 Å². The SMILES string of the molecule is Cc1ncsc1-c1ccc(CNC(=O)[C@@H]2C[C@@H](O)CN2C(=O)[C@@H](NC(=O)COCCCOCCCOc2ccc(CN3C(=S)N(c4ccc(C#N)c(C(F)(F)F)c4)C(=O)C3(C)C)cc2)C(C)(C)C)cc1. The molecule has 0 spiro atoms. The van der Waals surface area contributed by atoms with E-state index in [1.165, 1.54) is 11.0 Å². The van der Waals surface area contributed by atoms with Gasteiger partial charge in [0.25, 0.3) is 5.91 Å². The van der Waals surface area contributed by atoms with Gasteiger partial charge in [-0.2, -0.15) is 18.4 Å². The van der Waals surface area contributed by atoms with Gasteiger partial charge in [0.1, 0.15) is 30.0 Å². The number of carbonyl (C=O) groups is 4. The fourth-order valence-corrected chi connectivity index (χ4v) is 9.36. The quantitative estimate of drug-likeness (QED) is 0.0614. The summed E-state index contributed by atoms with van der Waals surface area (Å²) in [5.74, 6) is -1.24. The number of thiazole rings is 1. The van der Waals surface area contributed by atoms with E-state index in [-0.39, 0.29) is 50.1 Å². The summed E-state index contributed by atoms with van der Waals surface area (Å²) in [6.07, 6.45) is -4.51. The summed E-state index contributed by atoms with van der Waals surface area (Å²) < 4.78 is 58.2. The number of benzene rings is 3. The van der Waals surface area contributed by atoms with E-state index >= 15 is 0 Å². The minimum Gasteiger partial charge on any atom is -0.494 e. The van der Waals surface area contributed by atoms with E-state index in [0.717, 1.165) is 44.3 Å². The number of aliphatic hydroxyl groups excluding tert-OH is 1. The zero-order chi connectivity index (χ0) is 51.0. The number of amides is 4. The molecule has 0 unspecified atom stereocenters. The highest BCUT2D eigenvalue weighted by molar-refractivity contribution is 7.80. The second-order valence-electron chi connectivity index (χ2n) is 18.7. The molecule has 2 saturated heterocycles. The summed E-state index contributed by atoms with van der Waals surface area (Å²) in [6, 6.07) is 17.7. The maximum Gasteiger partial charge on any atom is 0.417 e. The predicted molar refractivity (Wildman–Crippen MR) is 260 cm³/mol. The Bertz CT molecular complexity index is 2560. The molecule has 20 heteroatoms. The van der Waals surface area contributed by atoms with Crippen LogP contribution in [0.1, 0.15) is 81.8 Å². The molecule has 0 saturated carbocycles. The van der Waals surface area contributed by atoms with Gasteiger partial charge >= 0.3 is 6.18 Å². The van der Waals surface area contributed by atoms with Gasteiger partial charge in [-0.25, -0.2) is 4.98 Å². The molecule has 3 heterocycles. The molecule has 2 aliphatic heterocycles. The maximum atomic E-state index is 13.9. The van der Waals surface area contributed by atoms with Crippen molar-refractivity contribution in [2.24, 2.45) is 5.41 Å². The molecule has 0 bridgehead atoms. The third kappa shape index (κ3) is 13.1. The van der Waals surface area contributed by atoms with Gasteiger partial charge in [0.05, 0.1) is 51.7 Å². The number of aryl methyl sites for hydroxylation is 1. The van der Waals surface area contributed by atoms with Crippen LogP contribution in [0.25, 0.3) is 10.4 Å². The number of nitriles is 1. The Hall–Kier alpha value is -5.98. The lowest BCUT2D eigenvalue weighted by Crippen LogP contribution is -2.58. The smallest absolute Gasteiger partial charge is 0.417 e. The highest BCUT2D eigenvalue weighted by Crippen LogP contribution is 2.39. The molecule has 2 aliphatic rings. The van der Waals surface area contributed by atoms with Crippen LogP contribution in [-0.4, -0.2) is 112 Å². The third-order valence-electron chi connectivity index (χ3n) is 12.0. The number of hydrogen-bond donors (Lipinski definition) is 3. The Morgan fingerprint density at radius 1 is 0.986 bits per heavy atom. The van der Waals surface area contributed by atoms with Crippen molar-refractivity contribution in [3.8, 4) is 22.3 Å². The molecule has 4 amide bonds. The van der Waals surface area contributed by atoms with Crippen LogP contribution in [0.2, 0.25) is 0 Å². The number of halogens is 3. The summed E-state index contributed by atoms with van der Waals surface area (Å²) in [5, 5.41) is 25.5. The summed E-state index contributed by atoms with van der Waals surface area (Å²) in [6.45, 7) is 12.2. The predicted octanol–water partition coefficient (Wildman–Crippen LogP) is 6.92. The fourth-order valence-electron chi connectivity index (χ4n) is 8.07. The molecule has 6 rings (SSSR count). The van der Waals surface area contributed by atoms with Crippen molar-refractivity contribution in [3.05, 3.63) is 100 Å². The Labute approximate surface area is 414 Å². The molecule has 4 aromatic rings. The topological polar surface area (TPSA) is 187 Å². The van der Waals surface area contributed by atoms with Crippen molar-refractivity contribution in [1.29, 1.82) is 5.26 Å². The third-order valence-corrected chi connectivity index (χ3v) is 13.4. The average Bonchev–Trinajstić information content (AvgIpc) is 3.98. The Morgan fingerprint density at radius 2 is 1.64 bits per heavy atom. The van der Waals surface area contributed by atoms with E-state index in [2.05, 4.69) is 15.6 Å². The number of aromatic nitrogens is 1. The second kappa shape index (κ2) is 22.8. The van der Waals surface area contributed by atoms with Gasteiger partial charge in [0.15, 0.2) is 5.11 Å². The lowest BCUT2D eigenvalue weighted by molar-refractivity contribution is -0.144. The number of thiocarbonyl (C=S) groups is 1. The molecular formula is C50H58F3N7O8S2. The summed E-state index contributed by atoms with van der Waals surface area (Å²) in [5.41, 5.74) is 1.79. The number of aliphatic hydroxyl groups is 1. The van der Waals surface area contributed by atoms with Crippen LogP contribution in [0.3, 0.4) is 0 Å². The van der Waals surface area contributed by atoms with Gasteiger partial charge in [-0.05, 0) is 91.8 Å². The zero-order valence-corrected chi connectivity index (χ0v) is 41.6. The number of nitrogens with one attached hydrogen (secondary N) is 2. The average molecular weight is 1010 g/mol. The molecule has 15 nitrogen and oxygen atoms in total. The highest BCUT2D eigenvalue weighted by Gasteiger charge is 2.50. The molecule has 3 aromatic carbocycles. The largest absolute Gasteiger partial charge is 0.494 e. The molecule has 2 fully saturated rings. The van der Waals surface area contributed by atoms with E-state index in [0.29, 0.717) is 38.4 Å². The van der Waals surface area contributed by atoms with Gasteiger partial charge in [-0.1, -0.05) is 57.2 Å². The molecule has 3 atom stereocenters. The normalized spacial score (nSPS) is 17.4. The molecule has 3 N–H and O–H groups in total. The molecule has 70 heavy (non-hydrogen) atoms. The van der Waals surface area contributed by atoms with Gasteiger partial charge in [0.2, 0.25) is 17.7 Å². The number of anilines is 1. The number of carbonyl (C=O) groups excluding carboxylic acids is 4. The first-order valence-electron chi connectivity index (χ1n) is 22.8. The zero-order valence-electron chi connectivity index (χ0n) is 39.9. The lowest BCUT2D eigenvalue weighted by Gasteiger charge is -2.35. The molecule has 0 radical (unpaired) electrons. The molecule has 0 aliphatic carbocycles. The van der Waals surface area contributed by atoms with Crippen molar-refractivity contribution < 1.29 is 51.7 Å². The van der Waals surface area contributed by atoms with Crippen molar-refractivity contribution in [3.63, 3.8) is 0 Å². The van der Waals surface area contributed by atoms with Crippen LogP contribution in [-0.2, 0) is 47.9 Å². The number of β-amino-alcohol motifs (C(OH)–C–C–N with tert-alkyl or cyclic N) is 1. The van der Waals surface area contributed by atoms with Gasteiger partial charge < -0.3 is 39.8 Å². The van der Waals surface area contributed by atoms with E-state index in [9.17, 15) is 42.7 Å². The van der Waals surface area contributed by atoms with Gasteiger partial charge in [0, 0.05) is 52.3 Å². The van der Waals surface area contributed by atoms with E-state index < -0.39 is 70.1 Å². The van der Waals surface area contributed by atoms with Gasteiger partial charge in [-0.15, -0.1) is 11.3 Å². The van der Waals surface area contributed by atoms with Gasteiger partial charge in [-0.3, -0.25) is 24.1 Å². The second-order valence-corrected chi connectivity index (χ2v) is 19.9. The fraction of sp³-hybridized carbons (Fsp3) is 0.460. The minimum absolute atomic E-state index is 0.0364. The first-order chi connectivity index (χ1) is 33.1. The number of likely N-dealkylation sites (tertiary alicyclic amines) is 1. The number of nitrogens with zero attached hydrogens (tertiary/aromatic N) is 5. The Balaban J connectivity index is 0.869. The Morgan fingerprint density at radius 3 is 2.27 bits per heavy atom. The Kier molecular flexibility index (Phi) is 17.4. The van der Waals surface area contributed by atoms with Crippen molar-refractivity contribution in [2.45, 2.75) is 104 Å². The molecular weight excluding hydrogens is 948 g/mol. The number of ether oxygens (including phenoxy) is 3. The van der Waals surface area contributed by atoms with E-state index in [4.69, 9.17) is 26.4 Å². The number of hydrogen-bond acceptors (Lipinski definition) is 12. The van der Waals surface area contributed by atoms with Crippen LogP contribution < -0.4 is 20.3 Å². The maximum absolute atomic E-state index is 13.9. The monoisotopic (exact) mass is 1010 g/mol. The van der Waals surface area contributed by atoms with E-state index in [1.54, 1.807) is 53.8 Å². The van der Waals surface area contributed by atoms with Crippen molar-refractivity contribution in [2.75, 3.05) is 44.5 Å². The summed E-state index contributed by atoms with van der Waals surface area (Å²) in [7, 11) is 0. The highest BCUT2D eigenvalue weighted by atomic mass is 32.1. The number of alkyl halides is 3. The first kappa shape index (κ1) is 53.4. The van der Waals surface area contributed by atoms with Crippen LogP contribution in [0.4, 0.5) is 18.9 Å². The van der Waals surface area contributed by atoms with Crippen LogP contribution in [0, 0.1) is 23.7 Å². The standard InChI is InChI=1S/C50H58F3N7O8S2/c1-31-42(70-30-56-31)34-13-9-32(10-14-34)26-55-44(63)40-24-37(61)28-58(40)45(64)43(48(2,3)4)57-41(62)29-67-21-7-19-66-20-8-22-68-38-17-11-33(12-18-38)27-59-47(69)60(46(65)49(59,5)6)36-16-15-35(25-54)39(23-36)50(51,52)53/h9-18,23,30,37,40,43,61H,7-8,19-22,24,26-29H2,1-6H3,(H,55,63)(H,57,62)/t37-,40+,43-/m1/s1. The summed E-state index contributed by atoms with van der Waals surface area (Å²) in [4.78, 5) is 63.3. The van der Waals surface area contributed by atoms with Crippen molar-refractivity contribution in [1.82, 2.24) is 25.4 Å². The minimum atomic E-state index is -4.79. The first-order valence-corrected chi connectivity index (χ1v) is 24.1. The van der Waals surface area contributed by atoms with Crippen LogP contribution in [0.15, 0.2) is 72.2 Å². The molecule has 1 aromatic heterocycles. The molecule has 374 valence electrons.